The minimum Gasteiger partial charge on any atom is -0.394 e. The third kappa shape index (κ3) is 5.30. The zero-order valence-corrected chi connectivity index (χ0v) is 12.9. The zero-order chi connectivity index (χ0) is 14.5. The minimum absolute atomic E-state index is 0.132. The summed E-state index contributed by atoms with van der Waals surface area (Å²) in [5.74, 6) is 0.903. The molecule has 0 aliphatic heterocycles. The average molecular weight is 303 g/mol. The van der Waals surface area contributed by atoms with Gasteiger partial charge in [0.05, 0.1) is 17.8 Å². The normalized spacial score (nSPS) is 11.2. The molecule has 0 atom stereocenters. The Morgan fingerprint density at radius 3 is 2.74 bits per heavy atom. The van der Waals surface area contributed by atoms with Crippen LogP contribution in [0.25, 0.3) is 0 Å². The number of hydrogen-bond donors (Lipinski definition) is 3. The summed E-state index contributed by atoms with van der Waals surface area (Å²) in [6.07, 6.45) is 0. The number of aliphatic hydroxyl groups excluding tert-OH is 1. The second-order valence-corrected chi connectivity index (χ2v) is 6.44. The van der Waals surface area contributed by atoms with Crippen LogP contribution < -0.4 is 10.6 Å². The molecule has 0 heterocycles. The molecular weight excluding hydrogens is 284 g/mol. The van der Waals surface area contributed by atoms with Crippen molar-refractivity contribution in [2.45, 2.75) is 31.2 Å². The Hall–Kier alpha value is -0.910. The Morgan fingerprint density at radius 1 is 1.47 bits per heavy atom. The van der Waals surface area contributed by atoms with Gasteiger partial charge < -0.3 is 15.7 Å². The van der Waals surface area contributed by atoms with Gasteiger partial charge in [-0.25, -0.2) is 4.79 Å². The highest BCUT2D eigenvalue weighted by molar-refractivity contribution is 7.99. The first-order valence-electron chi connectivity index (χ1n) is 6.00. The summed E-state index contributed by atoms with van der Waals surface area (Å²) in [6, 6.07) is 5.02. The van der Waals surface area contributed by atoms with Gasteiger partial charge in [-0.3, -0.25) is 0 Å². The standard InChI is InChI=1S/C13H19ClN2O2S/c1-4-19-11-6-5-9(14)7-10(11)15-12(18)16-13(2,3)8-17/h5-7,17H,4,8H2,1-3H3,(H2,15,16,18). The summed E-state index contributed by atoms with van der Waals surface area (Å²) >= 11 is 7.57. The molecule has 106 valence electrons. The first-order valence-corrected chi connectivity index (χ1v) is 7.36. The average Bonchev–Trinajstić information content (AvgIpc) is 2.32. The summed E-state index contributed by atoms with van der Waals surface area (Å²) < 4.78 is 0. The molecular formula is C13H19ClN2O2S. The van der Waals surface area contributed by atoms with Crippen molar-refractivity contribution in [3.05, 3.63) is 23.2 Å². The molecule has 1 rings (SSSR count). The van der Waals surface area contributed by atoms with E-state index in [0.29, 0.717) is 10.7 Å². The summed E-state index contributed by atoms with van der Waals surface area (Å²) in [7, 11) is 0. The maximum absolute atomic E-state index is 11.9. The van der Waals surface area contributed by atoms with Crippen LogP contribution in [-0.2, 0) is 0 Å². The van der Waals surface area contributed by atoms with E-state index in [2.05, 4.69) is 10.6 Å². The van der Waals surface area contributed by atoms with Gasteiger partial charge in [0.2, 0.25) is 0 Å². The third-order valence-corrected chi connectivity index (χ3v) is 3.53. The molecule has 0 fully saturated rings. The molecule has 0 unspecified atom stereocenters. The van der Waals surface area contributed by atoms with E-state index in [4.69, 9.17) is 16.7 Å². The van der Waals surface area contributed by atoms with E-state index in [-0.39, 0.29) is 12.6 Å². The molecule has 0 spiro atoms. The van der Waals surface area contributed by atoms with Crippen LogP contribution in [0.5, 0.6) is 0 Å². The molecule has 0 radical (unpaired) electrons. The smallest absolute Gasteiger partial charge is 0.319 e. The van der Waals surface area contributed by atoms with Crippen molar-refractivity contribution in [2.75, 3.05) is 17.7 Å². The van der Waals surface area contributed by atoms with Crippen LogP contribution >= 0.6 is 23.4 Å². The Labute approximate surface area is 122 Å². The summed E-state index contributed by atoms with van der Waals surface area (Å²) in [5, 5.41) is 15.1. The number of nitrogens with one attached hydrogen (secondary N) is 2. The Bertz CT molecular complexity index is 452. The van der Waals surface area contributed by atoms with E-state index in [0.717, 1.165) is 10.6 Å². The molecule has 3 N–H and O–H groups in total. The van der Waals surface area contributed by atoms with Crippen molar-refractivity contribution in [3.8, 4) is 0 Å². The molecule has 0 aromatic heterocycles. The summed E-state index contributed by atoms with van der Waals surface area (Å²) in [6.45, 7) is 5.39. The van der Waals surface area contributed by atoms with Gasteiger partial charge in [0, 0.05) is 9.92 Å². The van der Waals surface area contributed by atoms with Crippen molar-refractivity contribution in [1.82, 2.24) is 5.32 Å². The number of anilines is 1. The zero-order valence-electron chi connectivity index (χ0n) is 11.3. The van der Waals surface area contributed by atoms with Crippen molar-refractivity contribution in [1.29, 1.82) is 0 Å². The number of aliphatic hydroxyl groups is 1. The van der Waals surface area contributed by atoms with Gasteiger partial charge >= 0.3 is 6.03 Å². The predicted molar refractivity (Wildman–Crippen MR) is 81.2 cm³/mol. The molecule has 2 amide bonds. The van der Waals surface area contributed by atoms with E-state index < -0.39 is 5.54 Å². The van der Waals surface area contributed by atoms with Crippen molar-refractivity contribution >= 4 is 35.1 Å². The minimum atomic E-state index is -0.666. The van der Waals surface area contributed by atoms with Crippen LogP contribution in [0.4, 0.5) is 10.5 Å². The fraction of sp³-hybridized carbons (Fsp3) is 0.462. The molecule has 19 heavy (non-hydrogen) atoms. The number of carbonyl (C=O) groups is 1. The first-order chi connectivity index (χ1) is 8.88. The van der Waals surface area contributed by atoms with Gasteiger partial charge in [0.25, 0.3) is 0 Å². The molecule has 0 saturated heterocycles. The number of thioether (sulfide) groups is 1. The number of urea groups is 1. The monoisotopic (exact) mass is 302 g/mol. The van der Waals surface area contributed by atoms with E-state index in [1.165, 1.54) is 0 Å². The number of rotatable bonds is 5. The van der Waals surface area contributed by atoms with E-state index in [1.807, 2.05) is 13.0 Å². The summed E-state index contributed by atoms with van der Waals surface area (Å²) in [5.41, 5.74) is 0.00589. The number of amides is 2. The molecule has 1 aromatic rings. The molecule has 4 nitrogen and oxygen atoms in total. The van der Waals surface area contributed by atoms with Crippen LogP contribution in [0, 0.1) is 0 Å². The van der Waals surface area contributed by atoms with Gasteiger partial charge in [-0.1, -0.05) is 18.5 Å². The fourth-order valence-corrected chi connectivity index (χ4v) is 2.29. The van der Waals surface area contributed by atoms with Gasteiger partial charge in [0.15, 0.2) is 0 Å². The maximum Gasteiger partial charge on any atom is 0.319 e. The lowest BCUT2D eigenvalue weighted by Crippen LogP contribution is -2.48. The lowest BCUT2D eigenvalue weighted by atomic mass is 10.1. The lowest BCUT2D eigenvalue weighted by molar-refractivity contribution is 0.187. The number of hydrogen-bond acceptors (Lipinski definition) is 3. The molecule has 0 bridgehead atoms. The fourth-order valence-electron chi connectivity index (χ4n) is 1.38. The SMILES string of the molecule is CCSc1ccc(Cl)cc1NC(=O)NC(C)(C)CO. The number of benzene rings is 1. The van der Waals surface area contributed by atoms with Crippen molar-refractivity contribution in [3.63, 3.8) is 0 Å². The topological polar surface area (TPSA) is 61.4 Å². The quantitative estimate of drug-likeness (QED) is 0.731. The second kappa shape index (κ2) is 7.03. The van der Waals surface area contributed by atoms with E-state index in [1.54, 1.807) is 37.7 Å². The number of carbonyl (C=O) groups excluding carboxylic acids is 1. The number of halogens is 1. The Kier molecular flexibility index (Phi) is 5.97. The van der Waals surface area contributed by atoms with Gasteiger partial charge in [-0.15, -0.1) is 11.8 Å². The lowest BCUT2D eigenvalue weighted by Gasteiger charge is -2.24. The van der Waals surface area contributed by atoms with Crippen LogP contribution in [0.2, 0.25) is 5.02 Å². The highest BCUT2D eigenvalue weighted by atomic mass is 35.5. The van der Waals surface area contributed by atoms with Crippen LogP contribution in [0.1, 0.15) is 20.8 Å². The Balaban J connectivity index is 2.80. The highest BCUT2D eigenvalue weighted by Crippen LogP contribution is 2.29. The van der Waals surface area contributed by atoms with Crippen LogP contribution in [-0.4, -0.2) is 29.0 Å². The van der Waals surface area contributed by atoms with Gasteiger partial charge in [-0.05, 0) is 37.8 Å². The van der Waals surface area contributed by atoms with Crippen LogP contribution in [0.3, 0.4) is 0 Å². The Morgan fingerprint density at radius 2 is 2.16 bits per heavy atom. The van der Waals surface area contributed by atoms with Crippen molar-refractivity contribution < 1.29 is 9.90 Å². The third-order valence-electron chi connectivity index (χ3n) is 2.34. The molecule has 1 aromatic carbocycles. The van der Waals surface area contributed by atoms with E-state index in [9.17, 15) is 4.79 Å². The predicted octanol–water partition coefficient (Wildman–Crippen LogP) is 3.34. The van der Waals surface area contributed by atoms with Crippen LogP contribution in [0.15, 0.2) is 23.1 Å². The van der Waals surface area contributed by atoms with E-state index >= 15 is 0 Å². The van der Waals surface area contributed by atoms with Crippen molar-refractivity contribution in [2.24, 2.45) is 0 Å². The molecule has 0 aliphatic carbocycles. The first kappa shape index (κ1) is 16.1. The molecule has 0 saturated carbocycles. The second-order valence-electron chi connectivity index (χ2n) is 4.69. The van der Waals surface area contributed by atoms with Gasteiger partial charge in [-0.2, -0.15) is 0 Å². The molecule has 6 heteroatoms. The largest absolute Gasteiger partial charge is 0.394 e. The molecule has 0 aliphatic rings. The summed E-state index contributed by atoms with van der Waals surface area (Å²) in [4.78, 5) is 12.8. The van der Waals surface area contributed by atoms with Gasteiger partial charge in [0.1, 0.15) is 0 Å². The highest BCUT2D eigenvalue weighted by Gasteiger charge is 2.19. The maximum atomic E-state index is 11.9.